The van der Waals surface area contributed by atoms with Crippen LogP contribution in [0.4, 0.5) is 10.5 Å². The van der Waals surface area contributed by atoms with Crippen LogP contribution in [0, 0.1) is 12.8 Å². The number of likely N-dealkylation sites (tertiary alicyclic amines) is 1. The number of carbonyl (C=O) groups is 1. The summed E-state index contributed by atoms with van der Waals surface area (Å²) in [5, 5.41) is 12.6. The highest BCUT2D eigenvalue weighted by Crippen LogP contribution is 2.27. The smallest absolute Gasteiger partial charge is 0.321 e. The Morgan fingerprint density at radius 1 is 1.45 bits per heavy atom. The molecule has 2 rings (SSSR count). The molecule has 0 spiro atoms. The number of nitrogens with zero attached hydrogens (tertiary/aromatic N) is 1. The number of aryl methyl sites for hydroxylation is 1. The van der Waals surface area contributed by atoms with Crippen molar-refractivity contribution in [3.05, 3.63) is 23.8 Å². The summed E-state index contributed by atoms with van der Waals surface area (Å²) in [5.41, 5.74) is 1.80. The zero-order valence-electron chi connectivity index (χ0n) is 13.6. The van der Waals surface area contributed by atoms with Crippen LogP contribution < -0.4 is 10.1 Å². The lowest BCUT2D eigenvalue weighted by Gasteiger charge is -2.33. The van der Waals surface area contributed by atoms with Crippen molar-refractivity contribution < 1.29 is 14.6 Å². The number of hydrogen-bond acceptors (Lipinski definition) is 3. The first kappa shape index (κ1) is 16.6. The highest BCUT2D eigenvalue weighted by Gasteiger charge is 2.25. The minimum Gasteiger partial charge on any atom is -0.492 e. The molecule has 1 saturated heterocycles. The molecule has 5 nitrogen and oxygen atoms in total. The van der Waals surface area contributed by atoms with Crippen LogP contribution in [0.2, 0.25) is 0 Å². The van der Waals surface area contributed by atoms with Gasteiger partial charge in [0, 0.05) is 13.1 Å². The molecule has 122 valence electrons. The lowest BCUT2D eigenvalue weighted by atomic mass is 9.92. The first-order valence-electron chi connectivity index (χ1n) is 7.98. The Bertz CT molecular complexity index is 509. The molecule has 1 heterocycles. The fourth-order valence-electron chi connectivity index (χ4n) is 2.79. The number of rotatable bonds is 4. The highest BCUT2D eigenvalue weighted by atomic mass is 16.5. The Labute approximate surface area is 132 Å². The van der Waals surface area contributed by atoms with Gasteiger partial charge in [0.25, 0.3) is 0 Å². The van der Waals surface area contributed by atoms with Gasteiger partial charge in [-0.15, -0.1) is 0 Å². The van der Waals surface area contributed by atoms with E-state index in [1.807, 2.05) is 39.0 Å². The fourth-order valence-corrected chi connectivity index (χ4v) is 2.79. The molecule has 0 saturated carbocycles. The van der Waals surface area contributed by atoms with Gasteiger partial charge in [0.1, 0.15) is 5.75 Å². The van der Waals surface area contributed by atoms with Crippen LogP contribution in [0.5, 0.6) is 5.75 Å². The van der Waals surface area contributed by atoms with Crippen LogP contribution >= 0.6 is 0 Å². The third kappa shape index (κ3) is 4.13. The quantitative estimate of drug-likeness (QED) is 0.899. The van der Waals surface area contributed by atoms with Gasteiger partial charge in [-0.1, -0.05) is 6.07 Å². The molecule has 1 aromatic carbocycles. The molecule has 1 fully saturated rings. The van der Waals surface area contributed by atoms with Crippen molar-refractivity contribution >= 4 is 11.7 Å². The molecule has 2 N–H and O–H groups in total. The minimum atomic E-state index is -0.299. The second-order valence-corrected chi connectivity index (χ2v) is 5.93. The number of aliphatic hydroxyl groups excluding tert-OH is 1. The molecule has 22 heavy (non-hydrogen) atoms. The molecule has 1 atom stereocenters. The molecule has 2 amide bonds. The van der Waals surface area contributed by atoms with Gasteiger partial charge < -0.3 is 20.1 Å². The van der Waals surface area contributed by atoms with Crippen molar-refractivity contribution in [1.29, 1.82) is 0 Å². The highest BCUT2D eigenvalue weighted by molar-refractivity contribution is 5.91. The number of piperidine rings is 1. The minimum absolute atomic E-state index is 0.103. The van der Waals surface area contributed by atoms with Gasteiger partial charge in [0.2, 0.25) is 0 Å². The number of benzene rings is 1. The molecule has 0 bridgehead atoms. The standard InChI is InChI=1S/C17H26N2O3/c1-4-22-16-11-12(2)5-6-15(16)18-17(21)19-9-7-14(8-10-19)13(3)20/h5-6,11,13-14,20H,4,7-10H2,1-3H3,(H,18,21). The summed E-state index contributed by atoms with van der Waals surface area (Å²) in [4.78, 5) is 14.2. The Kier molecular flexibility index (Phi) is 5.66. The van der Waals surface area contributed by atoms with Crippen LogP contribution in [-0.4, -0.2) is 41.8 Å². The Balaban J connectivity index is 1.98. The van der Waals surface area contributed by atoms with E-state index in [0.29, 0.717) is 37.1 Å². The zero-order chi connectivity index (χ0) is 16.1. The van der Waals surface area contributed by atoms with E-state index in [0.717, 1.165) is 18.4 Å². The topological polar surface area (TPSA) is 61.8 Å². The van der Waals surface area contributed by atoms with Gasteiger partial charge in [0.05, 0.1) is 18.4 Å². The summed E-state index contributed by atoms with van der Waals surface area (Å²) in [5.74, 6) is 0.997. The molecule has 5 heteroatoms. The number of anilines is 1. The van der Waals surface area contributed by atoms with Crippen molar-refractivity contribution in [3.63, 3.8) is 0 Å². The van der Waals surface area contributed by atoms with Gasteiger partial charge in [0.15, 0.2) is 0 Å². The SMILES string of the molecule is CCOc1cc(C)ccc1NC(=O)N1CCC(C(C)O)CC1. The van der Waals surface area contributed by atoms with Gasteiger partial charge in [-0.25, -0.2) is 4.79 Å². The van der Waals surface area contributed by atoms with E-state index in [-0.39, 0.29) is 12.1 Å². The molecule has 1 unspecified atom stereocenters. The van der Waals surface area contributed by atoms with Crippen molar-refractivity contribution in [2.24, 2.45) is 5.92 Å². The van der Waals surface area contributed by atoms with Crippen LogP contribution in [0.1, 0.15) is 32.3 Å². The summed E-state index contributed by atoms with van der Waals surface area (Å²) in [7, 11) is 0. The van der Waals surface area contributed by atoms with Gasteiger partial charge in [-0.3, -0.25) is 0 Å². The largest absolute Gasteiger partial charge is 0.492 e. The van der Waals surface area contributed by atoms with Gasteiger partial charge in [-0.05, 0) is 57.2 Å². The predicted molar refractivity (Wildman–Crippen MR) is 87.3 cm³/mol. The lowest BCUT2D eigenvalue weighted by Crippen LogP contribution is -2.42. The predicted octanol–water partition coefficient (Wildman–Crippen LogP) is 3.02. The average molecular weight is 306 g/mol. The third-order valence-electron chi connectivity index (χ3n) is 4.19. The molecule has 0 radical (unpaired) electrons. The fraction of sp³-hybridized carbons (Fsp3) is 0.588. The van der Waals surface area contributed by atoms with Crippen LogP contribution in [0.25, 0.3) is 0 Å². The number of nitrogens with one attached hydrogen (secondary N) is 1. The van der Waals surface area contributed by atoms with Crippen LogP contribution in [-0.2, 0) is 0 Å². The van der Waals surface area contributed by atoms with Crippen molar-refractivity contribution in [3.8, 4) is 5.75 Å². The van der Waals surface area contributed by atoms with Crippen molar-refractivity contribution in [2.45, 2.75) is 39.7 Å². The molecule has 1 aliphatic rings. The maximum Gasteiger partial charge on any atom is 0.321 e. The molecule has 1 aromatic rings. The third-order valence-corrected chi connectivity index (χ3v) is 4.19. The second-order valence-electron chi connectivity index (χ2n) is 5.93. The normalized spacial score (nSPS) is 17.2. The van der Waals surface area contributed by atoms with E-state index in [2.05, 4.69) is 5.32 Å². The number of hydrogen-bond donors (Lipinski definition) is 2. The summed E-state index contributed by atoms with van der Waals surface area (Å²) in [6.45, 7) is 7.66. The second kappa shape index (κ2) is 7.49. The van der Waals surface area contributed by atoms with Gasteiger partial charge >= 0.3 is 6.03 Å². The first-order valence-corrected chi connectivity index (χ1v) is 7.98. The number of amides is 2. The zero-order valence-corrected chi connectivity index (χ0v) is 13.6. The summed E-state index contributed by atoms with van der Waals surface area (Å²) < 4.78 is 5.59. The van der Waals surface area contributed by atoms with Crippen molar-refractivity contribution in [2.75, 3.05) is 25.0 Å². The lowest BCUT2D eigenvalue weighted by molar-refractivity contribution is 0.0820. The van der Waals surface area contributed by atoms with E-state index in [4.69, 9.17) is 4.74 Å². The summed E-state index contributed by atoms with van der Waals surface area (Å²) >= 11 is 0. The number of urea groups is 1. The van der Waals surface area contributed by atoms with Gasteiger partial charge in [-0.2, -0.15) is 0 Å². The van der Waals surface area contributed by atoms with Crippen LogP contribution in [0.15, 0.2) is 18.2 Å². The number of aliphatic hydroxyl groups is 1. The number of carbonyl (C=O) groups excluding carboxylic acids is 1. The first-order chi connectivity index (χ1) is 10.5. The molecule has 0 aromatic heterocycles. The Morgan fingerprint density at radius 2 is 2.14 bits per heavy atom. The maximum atomic E-state index is 12.4. The van der Waals surface area contributed by atoms with E-state index in [1.54, 1.807) is 4.90 Å². The maximum absolute atomic E-state index is 12.4. The van der Waals surface area contributed by atoms with E-state index in [1.165, 1.54) is 0 Å². The van der Waals surface area contributed by atoms with E-state index in [9.17, 15) is 9.90 Å². The number of ether oxygens (including phenoxy) is 1. The molecule has 1 aliphatic heterocycles. The molecular formula is C17H26N2O3. The van der Waals surface area contributed by atoms with Crippen LogP contribution in [0.3, 0.4) is 0 Å². The Morgan fingerprint density at radius 3 is 2.73 bits per heavy atom. The Hall–Kier alpha value is -1.75. The molecular weight excluding hydrogens is 280 g/mol. The average Bonchev–Trinajstić information content (AvgIpc) is 2.50. The summed E-state index contributed by atoms with van der Waals surface area (Å²) in [6.07, 6.45) is 1.39. The van der Waals surface area contributed by atoms with Crippen molar-refractivity contribution in [1.82, 2.24) is 4.90 Å². The summed E-state index contributed by atoms with van der Waals surface area (Å²) in [6, 6.07) is 5.66. The molecule has 0 aliphatic carbocycles. The van der Waals surface area contributed by atoms with E-state index >= 15 is 0 Å². The van der Waals surface area contributed by atoms with E-state index < -0.39 is 0 Å². The monoisotopic (exact) mass is 306 g/mol.